The number of halogens is 1. The second kappa shape index (κ2) is 6.41. The molecule has 2 nitrogen and oxygen atoms in total. The van der Waals surface area contributed by atoms with Crippen molar-refractivity contribution >= 4 is 44.9 Å². The highest BCUT2D eigenvalue weighted by molar-refractivity contribution is 9.10. The molecule has 0 aromatic heterocycles. The number of para-hydroxylation sites is 1. The molecule has 0 atom stereocenters. The van der Waals surface area contributed by atoms with Crippen molar-refractivity contribution in [3.63, 3.8) is 0 Å². The Hall–Kier alpha value is -1.04. The van der Waals surface area contributed by atoms with Gasteiger partial charge in [-0.15, -0.1) is 11.8 Å². The Kier molecular flexibility index (Phi) is 4.85. The predicted octanol–water partition coefficient (Wildman–Crippen LogP) is 4.60. The van der Waals surface area contributed by atoms with Crippen LogP contribution in [0, 0.1) is 0 Å². The molecule has 2 rings (SSSR count). The number of nitrogens with two attached hydrogens (primary N) is 1. The summed E-state index contributed by atoms with van der Waals surface area (Å²) < 4.78 is 6.88. The molecule has 2 aromatic rings. The number of hydrogen-bond donors (Lipinski definition) is 1. The number of rotatable bonds is 4. The first-order valence-electron chi connectivity index (χ1n) is 5.52. The van der Waals surface area contributed by atoms with Crippen molar-refractivity contribution in [1.29, 1.82) is 0 Å². The zero-order valence-electron chi connectivity index (χ0n) is 10.2. The Bertz CT molecular complexity index is 616. The van der Waals surface area contributed by atoms with E-state index in [0.29, 0.717) is 10.7 Å². The van der Waals surface area contributed by atoms with Crippen LogP contribution in [-0.2, 0) is 0 Å². The fourth-order valence-corrected chi connectivity index (χ4v) is 2.64. The maximum absolute atomic E-state index is 5.96. The Morgan fingerprint density at radius 2 is 1.95 bits per heavy atom. The Morgan fingerprint density at radius 3 is 2.63 bits per heavy atom. The number of thiocarbonyl (C=S) groups is 1. The lowest BCUT2D eigenvalue weighted by atomic mass is 10.2. The highest BCUT2D eigenvalue weighted by Crippen LogP contribution is 2.34. The van der Waals surface area contributed by atoms with Crippen molar-refractivity contribution in [2.75, 3.05) is 6.26 Å². The van der Waals surface area contributed by atoms with E-state index in [2.05, 4.69) is 15.9 Å². The van der Waals surface area contributed by atoms with E-state index in [1.165, 1.54) is 0 Å². The van der Waals surface area contributed by atoms with Crippen molar-refractivity contribution in [3.8, 4) is 11.5 Å². The lowest BCUT2D eigenvalue weighted by Crippen LogP contribution is -2.10. The van der Waals surface area contributed by atoms with Crippen LogP contribution in [0.15, 0.2) is 51.8 Å². The van der Waals surface area contributed by atoms with Crippen LogP contribution in [0.2, 0.25) is 0 Å². The van der Waals surface area contributed by atoms with Gasteiger partial charge in [-0.05, 0) is 36.6 Å². The first-order valence-corrected chi connectivity index (χ1v) is 7.94. The van der Waals surface area contributed by atoms with Gasteiger partial charge in [0.2, 0.25) is 0 Å². The molecular formula is C14H12BrNOS2. The monoisotopic (exact) mass is 353 g/mol. The fraction of sp³-hybridized carbons (Fsp3) is 0.0714. The average molecular weight is 354 g/mol. The van der Waals surface area contributed by atoms with Gasteiger partial charge in [-0.2, -0.15) is 0 Å². The number of ether oxygens (including phenoxy) is 1. The summed E-state index contributed by atoms with van der Waals surface area (Å²) in [7, 11) is 0. The van der Waals surface area contributed by atoms with Crippen LogP contribution in [0.3, 0.4) is 0 Å². The number of thioether (sulfide) groups is 1. The largest absolute Gasteiger partial charge is 0.455 e. The van der Waals surface area contributed by atoms with Gasteiger partial charge in [-0.1, -0.05) is 40.3 Å². The number of hydrogen-bond acceptors (Lipinski definition) is 3. The van der Waals surface area contributed by atoms with E-state index < -0.39 is 0 Å². The molecule has 0 bridgehead atoms. The summed E-state index contributed by atoms with van der Waals surface area (Å²) in [6.45, 7) is 0. The summed E-state index contributed by atoms with van der Waals surface area (Å²) in [5.41, 5.74) is 6.45. The third kappa shape index (κ3) is 3.49. The van der Waals surface area contributed by atoms with E-state index in [0.717, 1.165) is 20.7 Å². The molecule has 0 saturated carbocycles. The molecular weight excluding hydrogens is 342 g/mol. The fourth-order valence-electron chi connectivity index (χ4n) is 1.61. The maximum Gasteiger partial charge on any atom is 0.140 e. The van der Waals surface area contributed by atoms with E-state index in [-0.39, 0.29) is 0 Å². The zero-order chi connectivity index (χ0) is 13.8. The van der Waals surface area contributed by atoms with Crippen LogP contribution in [0.25, 0.3) is 0 Å². The molecule has 0 fully saturated rings. The van der Waals surface area contributed by atoms with Gasteiger partial charge in [0.05, 0.1) is 5.56 Å². The average Bonchev–Trinajstić information content (AvgIpc) is 2.39. The van der Waals surface area contributed by atoms with Crippen molar-refractivity contribution in [1.82, 2.24) is 0 Å². The predicted molar refractivity (Wildman–Crippen MR) is 88.3 cm³/mol. The first-order chi connectivity index (χ1) is 9.11. The van der Waals surface area contributed by atoms with Crippen LogP contribution in [-0.4, -0.2) is 11.2 Å². The minimum absolute atomic E-state index is 0.323. The molecule has 19 heavy (non-hydrogen) atoms. The van der Waals surface area contributed by atoms with E-state index in [1.54, 1.807) is 11.8 Å². The van der Waals surface area contributed by atoms with Gasteiger partial charge in [-0.3, -0.25) is 0 Å². The van der Waals surface area contributed by atoms with Gasteiger partial charge in [-0.25, -0.2) is 0 Å². The van der Waals surface area contributed by atoms with Crippen LogP contribution in [0.5, 0.6) is 11.5 Å². The molecule has 0 aliphatic carbocycles. The molecule has 2 aromatic carbocycles. The molecule has 0 radical (unpaired) electrons. The van der Waals surface area contributed by atoms with Gasteiger partial charge in [0.1, 0.15) is 16.5 Å². The van der Waals surface area contributed by atoms with Gasteiger partial charge in [0.25, 0.3) is 0 Å². The van der Waals surface area contributed by atoms with E-state index in [4.69, 9.17) is 22.7 Å². The summed E-state index contributed by atoms with van der Waals surface area (Å²) >= 11 is 10.1. The maximum atomic E-state index is 5.96. The lowest BCUT2D eigenvalue weighted by molar-refractivity contribution is 0.470. The molecule has 5 heteroatoms. The minimum Gasteiger partial charge on any atom is -0.455 e. The molecule has 98 valence electrons. The quantitative estimate of drug-likeness (QED) is 0.643. The Balaban J connectivity index is 2.42. The molecule has 0 saturated heterocycles. The highest BCUT2D eigenvalue weighted by Gasteiger charge is 2.10. The summed E-state index contributed by atoms with van der Waals surface area (Å²) in [6, 6.07) is 13.5. The van der Waals surface area contributed by atoms with Crippen molar-refractivity contribution in [3.05, 3.63) is 52.5 Å². The standard InChI is InChI=1S/C14H12BrNOS2/c1-19-13-5-3-2-4-11(13)17-12-8-9(15)6-7-10(12)14(16)18/h2-8H,1H3,(H2,16,18). The van der Waals surface area contributed by atoms with Crippen LogP contribution in [0.1, 0.15) is 5.56 Å². The minimum atomic E-state index is 0.323. The second-order valence-corrected chi connectivity index (χ2v) is 5.96. The van der Waals surface area contributed by atoms with Gasteiger partial charge >= 0.3 is 0 Å². The molecule has 2 N–H and O–H groups in total. The van der Waals surface area contributed by atoms with E-state index >= 15 is 0 Å². The van der Waals surface area contributed by atoms with E-state index in [1.807, 2.05) is 48.7 Å². The number of benzene rings is 2. The lowest BCUT2D eigenvalue weighted by Gasteiger charge is -2.13. The van der Waals surface area contributed by atoms with Gasteiger partial charge in [0, 0.05) is 9.37 Å². The summed E-state index contributed by atoms with van der Waals surface area (Å²) in [6.07, 6.45) is 2.01. The molecule has 0 amide bonds. The summed E-state index contributed by atoms with van der Waals surface area (Å²) in [4.78, 5) is 1.39. The third-order valence-corrected chi connectivity index (χ3v) is 3.99. The van der Waals surface area contributed by atoms with Crippen LogP contribution >= 0.6 is 39.9 Å². The first kappa shape index (κ1) is 14.4. The van der Waals surface area contributed by atoms with Gasteiger partial charge in [0.15, 0.2) is 0 Å². The second-order valence-electron chi connectivity index (χ2n) is 3.76. The highest BCUT2D eigenvalue weighted by atomic mass is 79.9. The topological polar surface area (TPSA) is 35.2 Å². The van der Waals surface area contributed by atoms with Crippen molar-refractivity contribution in [2.24, 2.45) is 5.73 Å². The van der Waals surface area contributed by atoms with Crippen LogP contribution in [0.4, 0.5) is 0 Å². The van der Waals surface area contributed by atoms with Crippen LogP contribution < -0.4 is 10.5 Å². The third-order valence-electron chi connectivity index (χ3n) is 2.50. The van der Waals surface area contributed by atoms with E-state index in [9.17, 15) is 0 Å². The molecule has 0 heterocycles. The summed E-state index contributed by atoms with van der Waals surface area (Å²) in [5.74, 6) is 1.45. The van der Waals surface area contributed by atoms with Crippen molar-refractivity contribution in [2.45, 2.75) is 4.90 Å². The summed E-state index contributed by atoms with van der Waals surface area (Å²) in [5, 5.41) is 0. The van der Waals surface area contributed by atoms with Gasteiger partial charge < -0.3 is 10.5 Å². The SMILES string of the molecule is CSc1ccccc1Oc1cc(Br)ccc1C(N)=S. The van der Waals surface area contributed by atoms with Crippen molar-refractivity contribution < 1.29 is 4.74 Å². The molecule has 0 aliphatic rings. The molecule has 0 unspecified atom stereocenters. The molecule has 0 aliphatic heterocycles. The molecule has 0 spiro atoms. The normalized spacial score (nSPS) is 10.2. The Morgan fingerprint density at radius 1 is 1.21 bits per heavy atom. The smallest absolute Gasteiger partial charge is 0.140 e. The zero-order valence-corrected chi connectivity index (χ0v) is 13.4. The Labute approximate surface area is 130 Å².